The first-order valence-corrected chi connectivity index (χ1v) is 9.65. The number of rotatable bonds is 8. The van der Waals surface area contributed by atoms with Gasteiger partial charge >= 0.3 is 0 Å². The Hall–Kier alpha value is -2.58. The molecule has 1 aromatic carbocycles. The summed E-state index contributed by atoms with van der Waals surface area (Å²) in [6.45, 7) is 2.96. The second-order valence-electron chi connectivity index (χ2n) is 5.46. The summed E-state index contributed by atoms with van der Waals surface area (Å²) in [5, 5.41) is 12.5. The van der Waals surface area contributed by atoms with Crippen molar-refractivity contribution in [2.45, 2.75) is 25.2 Å². The fraction of sp³-hybridized carbons (Fsp3) is 0.222. The van der Waals surface area contributed by atoms with Crippen LogP contribution in [0, 0.1) is 0 Å². The standard InChI is InChI=1S/C18H18ClN5O2S/c1-2-24-16(11-26-15-7-5-13(19)6-8-15)22-23-18(24)27-12-17(25)21-14-4-3-9-20-10-14/h3-10H,2,11-12H2,1H3,(H,21,25). The van der Waals surface area contributed by atoms with Crippen LogP contribution in [0.2, 0.25) is 5.02 Å². The summed E-state index contributed by atoms with van der Waals surface area (Å²) < 4.78 is 7.66. The van der Waals surface area contributed by atoms with E-state index in [4.69, 9.17) is 16.3 Å². The molecule has 27 heavy (non-hydrogen) atoms. The Labute approximate surface area is 166 Å². The van der Waals surface area contributed by atoms with Gasteiger partial charge in [-0.15, -0.1) is 10.2 Å². The smallest absolute Gasteiger partial charge is 0.234 e. The zero-order chi connectivity index (χ0) is 19.1. The predicted octanol–water partition coefficient (Wildman–Crippen LogP) is 3.66. The minimum absolute atomic E-state index is 0.127. The molecule has 140 valence electrons. The maximum atomic E-state index is 12.1. The Morgan fingerprint density at radius 2 is 2.07 bits per heavy atom. The Balaban J connectivity index is 1.56. The summed E-state index contributed by atoms with van der Waals surface area (Å²) in [5.74, 6) is 1.50. The second-order valence-corrected chi connectivity index (χ2v) is 6.84. The van der Waals surface area contributed by atoms with Gasteiger partial charge in [-0.25, -0.2) is 0 Å². The van der Waals surface area contributed by atoms with Gasteiger partial charge in [-0.1, -0.05) is 23.4 Å². The van der Waals surface area contributed by atoms with Crippen molar-refractivity contribution in [1.29, 1.82) is 0 Å². The lowest BCUT2D eigenvalue weighted by atomic mass is 10.3. The van der Waals surface area contributed by atoms with E-state index < -0.39 is 0 Å². The molecular weight excluding hydrogens is 386 g/mol. The Kier molecular flexibility index (Phi) is 6.67. The molecule has 2 heterocycles. The number of hydrogen-bond donors (Lipinski definition) is 1. The third kappa shape index (κ3) is 5.45. The highest BCUT2D eigenvalue weighted by Gasteiger charge is 2.14. The highest BCUT2D eigenvalue weighted by atomic mass is 35.5. The minimum Gasteiger partial charge on any atom is -0.486 e. The van der Waals surface area contributed by atoms with Crippen molar-refractivity contribution in [2.24, 2.45) is 0 Å². The first-order chi connectivity index (χ1) is 13.2. The Morgan fingerprint density at radius 1 is 1.26 bits per heavy atom. The van der Waals surface area contributed by atoms with Gasteiger partial charge < -0.3 is 14.6 Å². The summed E-state index contributed by atoms with van der Waals surface area (Å²) in [5.41, 5.74) is 0.664. The lowest BCUT2D eigenvalue weighted by molar-refractivity contribution is -0.113. The van der Waals surface area contributed by atoms with Crippen molar-refractivity contribution >= 4 is 35.0 Å². The van der Waals surface area contributed by atoms with Crippen LogP contribution < -0.4 is 10.1 Å². The second kappa shape index (κ2) is 9.38. The van der Waals surface area contributed by atoms with E-state index in [-0.39, 0.29) is 18.3 Å². The van der Waals surface area contributed by atoms with E-state index in [1.807, 2.05) is 11.5 Å². The number of nitrogens with one attached hydrogen (secondary N) is 1. The third-order valence-electron chi connectivity index (χ3n) is 3.57. The van der Waals surface area contributed by atoms with Crippen molar-refractivity contribution < 1.29 is 9.53 Å². The molecule has 0 unspecified atom stereocenters. The highest BCUT2D eigenvalue weighted by Crippen LogP contribution is 2.20. The number of nitrogens with zero attached hydrogens (tertiary/aromatic N) is 4. The minimum atomic E-state index is -0.127. The molecule has 1 amide bonds. The lowest BCUT2D eigenvalue weighted by Gasteiger charge is -2.09. The van der Waals surface area contributed by atoms with Gasteiger partial charge in [0, 0.05) is 17.8 Å². The van der Waals surface area contributed by atoms with Crippen LogP contribution in [0.25, 0.3) is 0 Å². The van der Waals surface area contributed by atoms with Crippen molar-refractivity contribution in [3.63, 3.8) is 0 Å². The number of pyridine rings is 1. The fourth-order valence-corrected chi connectivity index (χ4v) is 3.24. The largest absolute Gasteiger partial charge is 0.486 e. The van der Waals surface area contributed by atoms with E-state index in [2.05, 4.69) is 20.5 Å². The van der Waals surface area contributed by atoms with Gasteiger partial charge in [-0.05, 0) is 43.3 Å². The van der Waals surface area contributed by atoms with Crippen LogP contribution in [-0.2, 0) is 17.9 Å². The molecule has 0 saturated carbocycles. The summed E-state index contributed by atoms with van der Waals surface area (Å²) >= 11 is 7.20. The molecule has 0 spiro atoms. The number of hydrogen-bond acceptors (Lipinski definition) is 6. The molecule has 0 fully saturated rings. The SMILES string of the molecule is CCn1c(COc2ccc(Cl)cc2)nnc1SCC(=O)Nc1cccnc1. The van der Waals surface area contributed by atoms with E-state index >= 15 is 0 Å². The first-order valence-electron chi connectivity index (χ1n) is 8.29. The Bertz CT molecular complexity index is 887. The van der Waals surface area contributed by atoms with E-state index in [1.165, 1.54) is 11.8 Å². The summed E-state index contributed by atoms with van der Waals surface area (Å²) in [4.78, 5) is 16.0. The average Bonchev–Trinajstić information content (AvgIpc) is 3.08. The van der Waals surface area contributed by atoms with Crippen LogP contribution in [0.3, 0.4) is 0 Å². The number of carbonyl (C=O) groups excluding carboxylic acids is 1. The van der Waals surface area contributed by atoms with Gasteiger partial charge in [-0.3, -0.25) is 9.78 Å². The highest BCUT2D eigenvalue weighted by molar-refractivity contribution is 7.99. The molecule has 0 aliphatic heterocycles. The van der Waals surface area contributed by atoms with Crippen molar-refractivity contribution in [3.8, 4) is 5.75 Å². The summed E-state index contributed by atoms with van der Waals surface area (Å²) in [6.07, 6.45) is 3.26. The quantitative estimate of drug-likeness (QED) is 0.578. The number of thioether (sulfide) groups is 1. The molecule has 0 aliphatic rings. The van der Waals surface area contributed by atoms with E-state index in [9.17, 15) is 4.79 Å². The van der Waals surface area contributed by atoms with Gasteiger partial charge in [0.15, 0.2) is 11.0 Å². The van der Waals surface area contributed by atoms with E-state index in [1.54, 1.807) is 48.8 Å². The van der Waals surface area contributed by atoms with Crippen LogP contribution in [0.5, 0.6) is 5.75 Å². The molecule has 0 aliphatic carbocycles. The zero-order valence-electron chi connectivity index (χ0n) is 14.6. The molecule has 0 atom stereocenters. The van der Waals surface area contributed by atoms with Gasteiger partial charge in [0.25, 0.3) is 0 Å². The number of ether oxygens (including phenoxy) is 1. The summed E-state index contributed by atoms with van der Waals surface area (Å²) in [6, 6.07) is 10.7. The Morgan fingerprint density at radius 3 is 2.78 bits per heavy atom. The normalized spacial score (nSPS) is 10.6. The number of aromatic nitrogens is 4. The maximum Gasteiger partial charge on any atom is 0.234 e. The lowest BCUT2D eigenvalue weighted by Crippen LogP contribution is -2.15. The molecule has 0 bridgehead atoms. The molecular formula is C18H18ClN5O2S. The van der Waals surface area contributed by atoms with Crippen LogP contribution in [-0.4, -0.2) is 31.4 Å². The van der Waals surface area contributed by atoms with Gasteiger partial charge in [0.2, 0.25) is 5.91 Å². The first kappa shape index (κ1) is 19.2. The molecule has 3 rings (SSSR count). The molecule has 2 aromatic heterocycles. The maximum absolute atomic E-state index is 12.1. The van der Waals surface area contributed by atoms with E-state index in [0.717, 1.165) is 0 Å². The van der Waals surface area contributed by atoms with Crippen molar-refractivity contribution in [2.75, 3.05) is 11.1 Å². The number of amides is 1. The van der Waals surface area contributed by atoms with E-state index in [0.29, 0.717) is 34.0 Å². The number of carbonyl (C=O) groups is 1. The molecule has 7 nitrogen and oxygen atoms in total. The number of benzene rings is 1. The van der Waals surface area contributed by atoms with Crippen LogP contribution in [0.4, 0.5) is 5.69 Å². The topological polar surface area (TPSA) is 81.9 Å². The molecule has 0 radical (unpaired) electrons. The zero-order valence-corrected chi connectivity index (χ0v) is 16.2. The third-order valence-corrected chi connectivity index (χ3v) is 4.79. The molecule has 3 aromatic rings. The number of anilines is 1. The molecule has 9 heteroatoms. The molecule has 0 saturated heterocycles. The average molecular weight is 404 g/mol. The van der Waals surface area contributed by atoms with Crippen molar-refractivity contribution in [3.05, 3.63) is 59.6 Å². The summed E-state index contributed by atoms with van der Waals surface area (Å²) in [7, 11) is 0. The van der Waals surface area contributed by atoms with Crippen LogP contribution >= 0.6 is 23.4 Å². The van der Waals surface area contributed by atoms with Gasteiger partial charge in [-0.2, -0.15) is 0 Å². The van der Waals surface area contributed by atoms with Gasteiger partial charge in [0.05, 0.1) is 17.6 Å². The van der Waals surface area contributed by atoms with Gasteiger partial charge in [0.1, 0.15) is 12.4 Å². The molecule has 1 N–H and O–H groups in total. The number of halogens is 1. The van der Waals surface area contributed by atoms with Crippen molar-refractivity contribution in [1.82, 2.24) is 19.7 Å². The fourth-order valence-electron chi connectivity index (χ4n) is 2.29. The van der Waals surface area contributed by atoms with Crippen LogP contribution in [0.1, 0.15) is 12.7 Å². The predicted molar refractivity (Wildman–Crippen MR) is 105 cm³/mol. The van der Waals surface area contributed by atoms with Crippen LogP contribution in [0.15, 0.2) is 53.9 Å². The monoisotopic (exact) mass is 403 g/mol.